The molecule has 0 aliphatic heterocycles. The minimum atomic E-state index is 0.543. The Morgan fingerprint density at radius 3 is 3.12 bits per heavy atom. The normalized spacial score (nSPS) is 10.4. The predicted molar refractivity (Wildman–Crippen MR) is 64.7 cm³/mol. The second-order valence-electron chi connectivity index (χ2n) is 3.67. The largest absolute Gasteiger partial charge is 0.444 e. The molecule has 0 bridgehead atoms. The van der Waals surface area contributed by atoms with Gasteiger partial charge in [0.2, 0.25) is 5.89 Å². The molecule has 0 aliphatic carbocycles. The molecule has 4 heteroatoms. The average molecular weight is 230 g/mol. The number of aldehydes is 1. The molecule has 0 radical (unpaired) electrons. The number of hydrogen-bond donors (Lipinski definition) is 1. The van der Waals surface area contributed by atoms with Gasteiger partial charge in [-0.05, 0) is 18.7 Å². The summed E-state index contributed by atoms with van der Waals surface area (Å²) in [7, 11) is 0. The van der Waals surface area contributed by atoms with Gasteiger partial charge in [0.25, 0.3) is 0 Å². The first-order valence-electron chi connectivity index (χ1n) is 5.54. The van der Waals surface area contributed by atoms with Gasteiger partial charge < -0.3 is 9.73 Å². The van der Waals surface area contributed by atoms with E-state index < -0.39 is 0 Å². The first-order chi connectivity index (χ1) is 8.33. The predicted octanol–water partition coefficient (Wildman–Crippen LogP) is 2.26. The third-order valence-corrected chi connectivity index (χ3v) is 2.38. The van der Waals surface area contributed by atoms with Gasteiger partial charge in [-0.1, -0.05) is 19.1 Å². The summed E-state index contributed by atoms with van der Waals surface area (Å²) in [6.45, 7) is 3.62. The maximum atomic E-state index is 10.7. The standard InChI is InChI=1S/C13H14N2O2/c1-2-14-7-12-9-17-13(15-12)11-5-3-4-10(6-11)8-16/h3-6,8-9,14H,2,7H2,1H3. The van der Waals surface area contributed by atoms with Crippen LogP contribution in [0.25, 0.3) is 11.5 Å². The van der Waals surface area contributed by atoms with Gasteiger partial charge in [0.05, 0.1) is 5.69 Å². The molecular weight excluding hydrogens is 216 g/mol. The number of nitrogens with one attached hydrogen (secondary N) is 1. The van der Waals surface area contributed by atoms with E-state index in [1.54, 1.807) is 18.4 Å². The molecule has 4 nitrogen and oxygen atoms in total. The van der Waals surface area contributed by atoms with Crippen LogP contribution in [0, 0.1) is 0 Å². The Kier molecular flexibility index (Phi) is 3.67. The highest BCUT2D eigenvalue weighted by Gasteiger charge is 2.06. The van der Waals surface area contributed by atoms with Crippen LogP contribution >= 0.6 is 0 Å². The van der Waals surface area contributed by atoms with E-state index >= 15 is 0 Å². The molecular formula is C13H14N2O2. The summed E-state index contributed by atoms with van der Waals surface area (Å²) in [5.41, 5.74) is 2.30. The van der Waals surface area contributed by atoms with E-state index in [2.05, 4.69) is 10.3 Å². The molecule has 0 saturated heterocycles. The van der Waals surface area contributed by atoms with Crippen molar-refractivity contribution in [3.05, 3.63) is 41.8 Å². The lowest BCUT2D eigenvalue weighted by molar-refractivity contribution is 0.112. The number of carbonyl (C=O) groups is 1. The van der Waals surface area contributed by atoms with Crippen molar-refractivity contribution in [1.82, 2.24) is 10.3 Å². The van der Waals surface area contributed by atoms with E-state index in [1.807, 2.05) is 19.1 Å². The van der Waals surface area contributed by atoms with E-state index in [1.165, 1.54) is 0 Å². The van der Waals surface area contributed by atoms with Crippen molar-refractivity contribution in [2.45, 2.75) is 13.5 Å². The molecule has 0 aliphatic rings. The number of hydrogen-bond acceptors (Lipinski definition) is 4. The van der Waals surface area contributed by atoms with Crippen LogP contribution in [0.3, 0.4) is 0 Å². The molecule has 0 spiro atoms. The monoisotopic (exact) mass is 230 g/mol. The van der Waals surface area contributed by atoms with Gasteiger partial charge in [0, 0.05) is 17.7 Å². The fraction of sp³-hybridized carbons (Fsp3) is 0.231. The van der Waals surface area contributed by atoms with Crippen LogP contribution in [0.5, 0.6) is 0 Å². The number of carbonyl (C=O) groups excluding carboxylic acids is 1. The average Bonchev–Trinajstić information content (AvgIpc) is 2.85. The first-order valence-corrected chi connectivity index (χ1v) is 5.54. The molecule has 88 valence electrons. The fourth-order valence-electron chi connectivity index (χ4n) is 1.52. The number of benzene rings is 1. The molecule has 2 rings (SSSR count). The Labute approximate surface area is 99.7 Å². The summed E-state index contributed by atoms with van der Waals surface area (Å²) < 4.78 is 5.38. The zero-order chi connectivity index (χ0) is 12.1. The van der Waals surface area contributed by atoms with Crippen molar-refractivity contribution in [1.29, 1.82) is 0 Å². The third kappa shape index (κ3) is 2.79. The van der Waals surface area contributed by atoms with Gasteiger partial charge in [0.15, 0.2) is 0 Å². The van der Waals surface area contributed by atoms with Crippen LogP contribution < -0.4 is 5.32 Å². The Bertz CT molecular complexity index is 506. The zero-order valence-corrected chi connectivity index (χ0v) is 9.64. The number of rotatable bonds is 5. The van der Waals surface area contributed by atoms with Gasteiger partial charge in [0.1, 0.15) is 12.5 Å². The summed E-state index contributed by atoms with van der Waals surface area (Å²) in [6, 6.07) is 7.19. The van der Waals surface area contributed by atoms with E-state index in [0.29, 0.717) is 18.0 Å². The minimum Gasteiger partial charge on any atom is -0.444 e. The van der Waals surface area contributed by atoms with Crippen LogP contribution in [0.1, 0.15) is 23.0 Å². The third-order valence-electron chi connectivity index (χ3n) is 2.38. The highest BCUT2D eigenvalue weighted by atomic mass is 16.3. The van der Waals surface area contributed by atoms with Crippen molar-refractivity contribution in [3.63, 3.8) is 0 Å². The molecule has 1 heterocycles. The number of oxazole rings is 1. The van der Waals surface area contributed by atoms with Gasteiger partial charge >= 0.3 is 0 Å². The molecule has 2 aromatic rings. The van der Waals surface area contributed by atoms with E-state index in [4.69, 9.17) is 4.42 Å². The smallest absolute Gasteiger partial charge is 0.226 e. The maximum Gasteiger partial charge on any atom is 0.226 e. The Balaban J connectivity index is 2.20. The van der Waals surface area contributed by atoms with Crippen molar-refractivity contribution in [2.75, 3.05) is 6.54 Å². The number of aromatic nitrogens is 1. The van der Waals surface area contributed by atoms with Crippen molar-refractivity contribution < 1.29 is 9.21 Å². The quantitative estimate of drug-likeness (QED) is 0.800. The topological polar surface area (TPSA) is 55.1 Å². The molecule has 17 heavy (non-hydrogen) atoms. The van der Waals surface area contributed by atoms with Crippen LogP contribution in [0.2, 0.25) is 0 Å². The molecule has 0 fully saturated rings. The molecule has 1 N–H and O–H groups in total. The zero-order valence-electron chi connectivity index (χ0n) is 9.64. The highest BCUT2D eigenvalue weighted by molar-refractivity contribution is 5.77. The fourth-order valence-corrected chi connectivity index (χ4v) is 1.52. The van der Waals surface area contributed by atoms with Gasteiger partial charge in [-0.25, -0.2) is 4.98 Å². The van der Waals surface area contributed by atoms with Gasteiger partial charge in [-0.15, -0.1) is 0 Å². The lowest BCUT2D eigenvalue weighted by Crippen LogP contribution is -2.11. The molecule has 0 amide bonds. The molecule has 0 unspecified atom stereocenters. The maximum absolute atomic E-state index is 10.7. The van der Waals surface area contributed by atoms with Gasteiger partial charge in [-0.3, -0.25) is 4.79 Å². The summed E-state index contributed by atoms with van der Waals surface area (Å²) in [5.74, 6) is 0.543. The van der Waals surface area contributed by atoms with Gasteiger partial charge in [-0.2, -0.15) is 0 Å². The summed E-state index contributed by atoms with van der Waals surface area (Å²) in [6.07, 6.45) is 2.44. The molecule has 1 aromatic heterocycles. The summed E-state index contributed by atoms with van der Waals surface area (Å²) >= 11 is 0. The highest BCUT2D eigenvalue weighted by Crippen LogP contribution is 2.19. The second kappa shape index (κ2) is 5.41. The van der Waals surface area contributed by atoms with Crippen LogP contribution in [-0.4, -0.2) is 17.8 Å². The second-order valence-corrected chi connectivity index (χ2v) is 3.67. The summed E-state index contributed by atoms with van der Waals surface area (Å²) in [5, 5.41) is 3.17. The lowest BCUT2D eigenvalue weighted by Gasteiger charge is -1.96. The van der Waals surface area contributed by atoms with E-state index in [9.17, 15) is 4.79 Å². The van der Waals surface area contributed by atoms with Crippen molar-refractivity contribution in [3.8, 4) is 11.5 Å². The Hall–Kier alpha value is -1.94. The number of nitrogens with zero attached hydrogens (tertiary/aromatic N) is 1. The van der Waals surface area contributed by atoms with E-state index in [0.717, 1.165) is 24.1 Å². The summed E-state index contributed by atoms with van der Waals surface area (Å²) in [4.78, 5) is 15.0. The van der Waals surface area contributed by atoms with Crippen LogP contribution in [0.15, 0.2) is 34.9 Å². The van der Waals surface area contributed by atoms with Crippen LogP contribution in [-0.2, 0) is 6.54 Å². The van der Waals surface area contributed by atoms with E-state index in [-0.39, 0.29) is 0 Å². The minimum absolute atomic E-state index is 0.543. The first kappa shape index (κ1) is 11.5. The Morgan fingerprint density at radius 2 is 2.35 bits per heavy atom. The lowest BCUT2D eigenvalue weighted by atomic mass is 10.1. The molecule has 1 aromatic carbocycles. The molecule has 0 saturated carbocycles. The SMILES string of the molecule is CCNCc1coc(-c2cccc(C=O)c2)n1. The Morgan fingerprint density at radius 1 is 1.47 bits per heavy atom. The van der Waals surface area contributed by atoms with Crippen molar-refractivity contribution >= 4 is 6.29 Å². The molecule has 0 atom stereocenters. The van der Waals surface area contributed by atoms with Crippen LogP contribution in [0.4, 0.5) is 0 Å². The van der Waals surface area contributed by atoms with Crippen molar-refractivity contribution in [2.24, 2.45) is 0 Å².